The molecule has 0 amide bonds. The van der Waals surface area contributed by atoms with E-state index in [9.17, 15) is 9.59 Å². The van der Waals surface area contributed by atoms with Gasteiger partial charge >= 0.3 is 11.4 Å². The predicted molar refractivity (Wildman–Crippen MR) is 35.0 cm³/mol. The summed E-state index contributed by atoms with van der Waals surface area (Å²) in [4.78, 5) is 26.8. The molecule has 0 aliphatic heterocycles. The molecule has 6 heteroatoms. The third-order valence-corrected chi connectivity index (χ3v) is 0.976. The fourth-order valence-electron chi connectivity index (χ4n) is 0.527. The van der Waals surface area contributed by atoms with Gasteiger partial charge in [0.05, 0.1) is 0 Å². The second kappa shape index (κ2) is 2.13. The minimum atomic E-state index is -0.749. The first-order chi connectivity index (χ1) is 4.61. The zero-order valence-electron chi connectivity index (χ0n) is 5.29. The molecule has 0 unspecified atom stereocenters. The molecule has 0 aliphatic rings. The van der Waals surface area contributed by atoms with Crippen LogP contribution in [0.2, 0.25) is 0 Å². The zero-order chi connectivity index (χ0) is 7.72. The second-order valence-electron chi connectivity index (χ2n) is 1.78. The molecule has 50 valence electrons. The van der Waals surface area contributed by atoms with Crippen LogP contribution in [-0.4, -0.2) is 22.4 Å². The van der Waals surface area contributed by atoms with Gasteiger partial charge in [-0.25, -0.2) is 9.59 Å². The number of hydrogen-bond donors (Lipinski definition) is 1. The first kappa shape index (κ1) is 6.79. The molecule has 0 aliphatic carbocycles. The van der Waals surface area contributed by atoms with Crippen LogP contribution in [0.15, 0.2) is 9.59 Å². The van der Waals surface area contributed by atoms with Gasteiger partial charge in [-0.1, -0.05) is 0 Å². The average molecular weight is 137 g/mol. The third-order valence-electron chi connectivity index (χ3n) is 0.976. The molecule has 1 aromatic rings. The maximum absolute atomic E-state index is 10.6. The molecular formula is C4H4BN3O2. The van der Waals surface area contributed by atoms with E-state index in [-0.39, 0.29) is 5.82 Å². The number of aryl methyl sites for hydroxylation is 1. The zero-order valence-corrected chi connectivity index (χ0v) is 5.29. The Hall–Kier alpha value is -1.33. The Labute approximate surface area is 57.2 Å². The number of H-pyrrole nitrogens is 1. The van der Waals surface area contributed by atoms with Gasteiger partial charge in [-0.3, -0.25) is 4.98 Å². The molecule has 1 heterocycles. The van der Waals surface area contributed by atoms with Crippen LogP contribution in [0.4, 0.5) is 0 Å². The van der Waals surface area contributed by atoms with Gasteiger partial charge in [0.2, 0.25) is 7.98 Å². The molecule has 5 nitrogen and oxygen atoms in total. The van der Waals surface area contributed by atoms with E-state index in [1.807, 2.05) is 0 Å². The number of aromatic amines is 1. The number of nitrogens with zero attached hydrogens (tertiary/aromatic N) is 2. The quantitative estimate of drug-likeness (QED) is 0.427. The third kappa shape index (κ3) is 0.998. The molecule has 0 aromatic carbocycles. The predicted octanol–water partition coefficient (Wildman–Crippen LogP) is -1.83. The van der Waals surface area contributed by atoms with Crippen LogP contribution >= 0.6 is 0 Å². The van der Waals surface area contributed by atoms with E-state index >= 15 is 0 Å². The molecule has 0 saturated heterocycles. The summed E-state index contributed by atoms with van der Waals surface area (Å²) in [6.07, 6.45) is 0. The lowest BCUT2D eigenvalue weighted by atomic mass is 10.4. The van der Waals surface area contributed by atoms with Crippen molar-refractivity contribution in [2.45, 2.75) is 6.92 Å². The summed E-state index contributed by atoms with van der Waals surface area (Å²) < 4.78 is 0.410. The van der Waals surface area contributed by atoms with Crippen LogP contribution in [0.3, 0.4) is 0 Å². The van der Waals surface area contributed by atoms with E-state index in [2.05, 4.69) is 9.97 Å². The molecule has 1 aromatic heterocycles. The number of nitrogens with one attached hydrogen (secondary N) is 1. The maximum atomic E-state index is 10.6. The van der Waals surface area contributed by atoms with Crippen molar-refractivity contribution in [2.75, 3.05) is 0 Å². The summed E-state index contributed by atoms with van der Waals surface area (Å²) in [7, 11) is 4.95. The summed E-state index contributed by atoms with van der Waals surface area (Å²) in [5, 5.41) is 0. The van der Waals surface area contributed by atoms with Crippen molar-refractivity contribution < 1.29 is 0 Å². The highest BCUT2D eigenvalue weighted by atomic mass is 16.2. The van der Waals surface area contributed by atoms with Crippen molar-refractivity contribution >= 4 is 7.98 Å². The second-order valence-corrected chi connectivity index (χ2v) is 1.78. The first-order valence-electron chi connectivity index (χ1n) is 2.56. The van der Waals surface area contributed by atoms with Gasteiger partial charge in [0.25, 0.3) is 0 Å². The van der Waals surface area contributed by atoms with Gasteiger partial charge < -0.3 is 4.48 Å². The highest BCUT2D eigenvalue weighted by Crippen LogP contribution is 1.68. The fourth-order valence-corrected chi connectivity index (χ4v) is 0.527. The standard InChI is InChI=1S/C4H4BN3O2/c1-2-6-3(9)8(5)4(10)7-2/h1H3,(H,6,7,9,10). The van der Waals surface area contributed by atoms with Gasteiger partial charge in [-0.05, 0) is 6.92 Å². The van der Waals surface area contributed by atoms with Crippen LogP contribution in [0.25, 0.3) is 0 Å². The van der Waals surface area contributed by atoms with Crippen molar-refractivity contribution in [2.24, 2.45) is 0 Å². The van der Waals surface area contributed by atoms with E-state index in [4.69, 9.17) is 7.98 Å². The summed E-state index contributed by atoms with van der Waals surface area (Å²) in [6, 6.07) is 0. The molecule has 0 fully saturated rings. The fraction of sp³-hybridized carbons (Fsp3) is 0.250. The Morgan fingerprint density at radius 2 is 2.20 bits per heavy atom. The molecule has 1 rings (SSSR count). The number of rotatable bonds is 0. The maximum Gasteiger partial charge on any atom is 0.339 e. The van der Waals surface area contributed by atoms with Gasteiger partial charge in [0.15, 0.2) is 0 Å². The molecule has 2 radical (unpaired) electrons. The first-order valence-corrected chi connectivity index (χ1v) is 2.56. The Morgan fingerprint density at radius 3 is 2.70 bits per heavy atom. The molecule has 0 atom stereocenters. The molecule has 0 spiro atoms. The number of hydrogen-bond acceptors (Lipinski definition) is 3. The van der Waals surface area contributed by atoms with Crippen molar-refractivity contribution in [3.05, 3.63) is 26.8 Å². The highest BCUT2D eigenvalue weighted by Gasteiger charge is 1.94. The Bertz CT molecular complexity index is 321. The van der Waals surface area contributed by atoms with E-state index in [0.717, 1.165) is 0 Å². The lowest BCUT2D eigenvalue weighted by molar-refractivity contribution is 0.839. The monoisotopic (exact) mass is 137 g/mol. The van der Waals surface area contributed by atoms with Crippen molar-refractivity contribution in [3.8, 4) is 0 Å². The minimum Gasteiger partial charge on any atom is -0.303 e. The topological polar surface area (TPSA) is 67.8 Å². The van der Waals surface area contributed by atoms with E-state index < -0.39 is 11.4 Å². The summed E-state index contributed by atoms with van der Waals surface area (Å²) >= 11 is 0. The van der Waals surface area contributed by atoms with E-state index in [1.54, 1.807) is 0 Å². The van der Waals surface area contributed by atoms with Crippen molar-refractivity contribution in [3.63, 3.8) is 0 Å². The van der Waals surface area contributed by atoms with Gasteiger partial charge in [0, 0.05) is 0 Å². The Morgan fingerprint density at radius 1 is 1.60 bits per heavy atom. The van der Waals surface area contributed by atoms with Crippen LogP contribution in [0, 0.1) is 6.92 Å². The molecule has 10 heavy (non-hydrogen) atoms. The summed E-state index contributed by atoms with van der Waals surface area (Å²) in [5.74, 6) is 0.261. The largest absolute Gasteiger partial charge is 0.339 e. The van der Waals surface area contributed by atoms with E-state index in [0.29, 0.717) is 4.48 Å². The molecular weight excluding hydrogens is 133 g/mol. The van der Waals surface area contributed by atoms with Crippen molar-refractivity contribution in [1.82, 2.24) is 14.4 Å². The van der Waals surface area contributed by atoms with Gasteiger partial charge in [-0.2, -0.15) is 4.98 Å². The SMILES string of the molecule is [B]n1c(=O)nc(C)[nH]c1=O. The lowest BCUT2D eigenvalue weighted by Crippen LogP contribution is -2.36. The number of aromatic nitrogens is 3. The van der Waals surface area contributed by atoms with Crippen LogP contribution in [0.5, 0.6) is 0 Å². The normalized spacial score (nSPS) is 9.70. The van der Waals surface area contributed by atoms with Crippen LogP contribution in [-0.2, 0) is 0 Å². The smallest absolute Gasteiger partial charge is 0.303 e. The summed E-state index contributed by atoms with van der Waals surface area (Å²) in [5.41, 5.74) is -1.40. The average Bonchev–Trinajstić information content (AvgIpc) is 1.82. The summed E-state index contributed by atoms with van der Waals surface area (Å²) in [6.45, 7) is 1.50. The Balaban J connectivity index is 3.62. The van der Waals surface area contributed by atoms with Crippen molar-refractivity contribution in [1.29, 1.82) is 0 Å². The lowest BCUT2D eigenvalue weighted by Gasteiger charge is -1.93. The molecule has 1 N–H and O–H groups in total. The van der Waals surface area contributed by atoms with Gasteiger partial charge in [0.1, 0.15) is 5.82 Å². The Kier molecular flexibility index (Phi) is 1.45. The highest BCUT2D eigenvalue weighted by molar-refractivity contribution is 6.06. The minimum absolute atomic E-state index is 0.261. The van der Waals surface area contributed by atoms with Crippen LogP contribution < -0.4 is 11.4 Å². The van der Waals surface area contributed by atoms with Crippen LogP contribution in [0.1, 0.15) is 5.82 Å². The van der Waals surface area contributed by atoms with Gasteiger partial charge in [-0.15, -0.1) is 0 Å². The molecule has 0 saturated carbocycles. The molecule has 0 bridgehead atoms. The van der Waals surface area contributed by atoms with E-state index in [1.165, 1.54) is 6.92 Å².